The summed E-state index contributed by atoms with van der Waals surface area (Å²) in [6.07, 6.45) is 10.9. The van der Waals surface area contributed by atoms with Gasteiger partial charge in [0.15, 0.2) is 0 Å². The first kappa shape index (κ1) is 36.3. The number of alkyl halides is 4. The van der Waals surface area contributed by atoms with Gasteiger partial charge in [0, 0.05) is 12.1 Å². The normalized spacial score (nSPS) is 45.9. The zero-order valence-corrected chi connectivity index (χ0v) is 30.7. The van der Waals surface area contributed by atoms with Gasteiger partial charge in [0.25, 0.3) is 0 Å². The molecule has 0 saturated heterocycles. The summed E-state index contributed by atoms with van der Waals surface area (Å²) in [4.78, 5) is 12.4. The van der Waals surface area contributed by atoms with Gasteiger partial charge in [-0.15, -0.1) is 0 Å². The summed E-state index contributed by atoms with van der Waals surface area (Å²) in [5.41, 5.74) is 8.37. The SMILES string of the molecule is C=C(C)[C@@H]1CC[C@]2(NC(CN)C(F)(F)F)CC[C@]3(C)[C@H](CC[C@@H]4[C@@]5(C)CC=C(C6=CC[C@](CF)(C(C)=O)CC6)C(C)(C)[C@@H]5CC[C@]43C)[C@@H]12. The number of hydrogen-bond acceptors (Lipinski definition) is 3. The number of Topliss-reactive ketones (excluding diaryl/α,β-unsaturated/α-hetero) is 1. The van der Waals surface area contributed by atoms with E-state index >= 15 is 0 Å². The molecule has 4 fully saturated rings. The highest BCUT2D eigenvalue weighted by atomic mass is 19.4. The van der Waals surface area contributed by atoms with Crippen molar-refractivity contribution in [3.8, 4) is 0 Å². The molecule has 6 rings (SSSR count). The maximum absolute atomic E-state index is 14.2. The second-order valence-electron chi connectivity index (χ2n) is 18.8. The van der Waals surface area contributed by atoms with E-state index in [1.54, 1.807) is 0 Å². The fourth-order valence-electron chi connectivity index (χ4n) is 13.8. The van der Waals surface area contributed by atoms with Crippen LogP contribution in [0.5, 0.6) is 0 Å². The number of nitrogens with one attached hydrogen (secondary N) is 1. The van der Waals surface area contributed by atoms with Gasteiger partial charge in [-0.05, 0) is 153 Å². The van der Waals surface area contributed by atoms with Crippen LogP contribution in [0.1, 0.15) is 126 Å². The van der Waals surface area contributed by atoms with Crippen LogP contribution in [0.4, 0.5) is 17.6 Å². The highest BCUT2D eigenvalue weighted by molar-refractivity contribution is 5.83. The van der Waals surface area contributed by atoms with Gasteiger partial charge in [-0.1, -0.05) is 58.9 Å². The van der Waals surface area contributed by atoms with Crippen molar-refractivity contribution in [3.63, 3.8) is 0 Å². The number of carbonyl (C=O) groups is 1. The van der Waals surface area contributed by atoms with Crippen molar-refractivity contribution in [1.29, 1.82) is 0 Å². The van der Waals surface area contributed by atoms with E-state index < -0.39 is 36.4 Å². The molecular formula is C41H62F4N2O. The van der Waals surface area contributed by atoms with E-state index in [0.717, 1.165) is 69.8 Å². The van der Waals surface area contributed by atoms with Crippen molar-refractivity contribution in [2.45, 2.75) is 143 Å². The van der Waals surface area contributed by atoms with Crippen molar-refractivity contribution in [2.24, 2.45) is 62.4 Å². The molecule has 0 spiro atoms. The molecule has 0 amide bonds. The molecule has 1 unspecified atom stereocenters. The van der Waals surface area contributed by atoms with E-state index in [0.29, 0.717) is 30.6 Å². The molecule has 11 atom stereocenters. The summed E-state index contributed by atoms with van der Waals surface area (Å²) in [5.74, 6) is 1.68. The van der Waals surface area contributed by atoms with E-state index in [9.17, 15) is 22.4 Å². The summed E-state index contributed by atoms with van der Waals surface area (Å²) in [6.45, 7) is 19.5. The summed E-state index contributed by atoms with van der Waals surface area (Å²) in [7, 11) is 0. The molecule has 270 valence electrons. The number of fused-ring (bicyclic) bond motifs is 7. The van der Waals surface area contributed by atoms with E-state index in [-0.39, 0.29) is 39.3 Å². The quantitative estimate of drug-likeness (QED) is 0.209. The maximum atomic E-state index is 14.2. The maximum Gasteiger partial charge on any atom is 0.405 e. The topological polar surface area (TPSA) is 55.1 Å². The van der Waals surface area contributed by atoms with E-state index in [4.69, 9.17) is 5.73 Å². The Hall–Kier alpha value is -1.47. The molecule has 0 aromatic heterocycles. The van der Waals surface area contributed by atoms with E-state index in [2.05, 4.69) is 65.6 Å². The van der Waals surface area contributed by atoms with E-state index in [1.165, 1.54) is 18.1 Å². The van der Waals surface area contributed by atoms with Crippen molar-refractivity contribution < 1.29 is 22.4 Å². The van der Waals surface area contributed by atoms with Crippen molar-refractivity contribution >= 4 is 5.78 Å². The minimum absolute atomic E-state index is 0.0244. The van der Waals surface area contributed by atoms with Gasteiger partial charge in [0.1, 0.15) is 18.5 Å². The lowest BCUT2D eigenvalue weighted by Gasteiger charge is -2.72. The highest BCUT2D eigenvalue weighted by Gasteiger charge is 2.71. The fourth-order valence-corrected chi connectivity index (χ4v) is 13.8. The number of nitrogens with two attached hydrogens (primary N) is 1. The van der Waals surface area contributed by atoms with Crippen LogP contribution < -0.4 is 11.1 Å². The Kier molecular flexibility index (Phi) is 8.92. The van der Waals surface area contributed by atoms with Crippen LogP contribution in [-0.2, 0) is 4.79 Å². The molecule has 0 radical (unpaired) electrons. The van der Waals surface area contributed by atoms with Crippen LogP contribution in [-0.4, -0.2) is 36.8 Å². The van der Waals surface area contributed by atoms with Crippen molar-refractivity contribution in [2.75, 3.05) is 13.2 Å². The van der Waals surface area contributed by atoms with Crippen molar-refractivity contribution in [3.05, 3.63) is 35.5 Å². The van der Waals surface area contributed by atoms with Gasteiger partial charge in [-0.2, -0.15) is 13.2 Å². The molecule has 0 aromatic rings. The minimum Gasteiger partial charge on any atom is -0.329 e. The van der Waals surface area contributed by atoms with Crippen LogP contribution in [0.2, 0.25) is 0 Å². The average Bonchev–Trinajstić information content (AvgIpc) is 3.39. The second kappa shape index (κ2) is 11.8. The Morgan fingerprint density at radius 2 is 1.65 bits per heavy atom. The molecule has 0 bridgehead atoms. The Bertz CT molecular complexity index is 1380. The Balaban J connectivity index is 1.32. The molecule has 4 saturated carbocycles. The molecule has 3 N–H and O–H groups in total. The second-order valence-corrected chi connectivity index (χ2v) is 18.8. The number of carbonyl (C=O) groups excluding carboxylic acids is 1. The highest BCUT2D eigenvalue weighted by Crippen LogP contribution is 2.76. The standard InChI is InChI=1S/C41H62F4N2O/c1-25(2)28-13-20-40(47-33(23-46)41(43,44)45)22-21-37(7)30(34(28)40)9-10-32-36(6)16-14-29(35(4,5)31(36)15-17-38(32,37)8)27-11-18-39(24-42,19-12-27)26(3)48/h11,14,28,30-34,47H,1,9-10,12-13,15-24,46H2,2-8H3/t28-,30+,31-,32+,33?,34+,36-,37+,38+,39-,40-/m0/s1. The Morgan fingerprint density at radius 1 is 0.938 bits per heavy atom. The van der Waals surface area contributed by atoms with E-state index in [1.807, 2.05) is 0 Å². The first-order chi connectivity index (χ1) is 22.3. The fraction of sp³-hybridized carbons (Fsp3) is 0.829. The molecule has 7 heteroatoms. The lowest BCUT2D eigenvalue weighted by atomic mass is 9.33. The third kappa shape index (κ3) is 5.03. The summed E-state index contributed by atoms with van der Waals surface area (Å²) < 4.78 is 56.6. The van der Waals surface area contributed by atoms with Gasteiger partial charge < -0.3 is 5.73 Å². The summed E-state index contributed by atoms with van der Waals surface area (Å²) in [6, 6.07) is -1.69. The first-order valence-electron chi connectivity index (χ1n) is 18.9. The third-order valence-corrected chi connectivity index (χ3v) is 16.7. The van der Waals surface area contributed by atoms with Gasteiger partial charge >= 0.3 is 6.18 Å². The molecule has 0 aromatic carbocycles. The minimum atomic E-state index is -4.37. The van der Waals surface area contributed by atoms with Crippen LogP contribution in [0.3, 0.4) is 0 Å². The van der Waals surface area contributed by atoms with Crippen LogP contribution >= 0.6 is 0 Å². The number of halogens is 4. The first-order valence-corrected chi connectivity index (χ1v) is 18.9. The zero-order chi connectivity index (χ0) is 35.3. The van der Waals surface area contributed by atoms with Gasteiger partial charge in [-0.3, -0.25) is 10.1 Å². The predicted molar refractivity (Wildman–Crippen MR) is 186 cm³/mol. The smallest absolute Gasteiger partial charge is 0.329 e. The zero-order valence-electron chi connectivity index (χ0n) is 30.7. The molecule has 0 heterocycles. The average molecular weight is 675 g/mol. The molecule has 6 aliphatic carbocycles. The molecule has 6 aliphatic rings. The van der Waals surface area contributed by atoms with Crippen LogP contribution in [0.15, 0.2) is 35.5 Å². The van der Waals surface area contributed by atoms with Crippen LogP contribution in [0, 0.1) is 56.7 Å². The van der Waals surface area contributed by atoms with Gasteiger partial charge in [0.05, 0.1) is 5.41 Å². The Labute approximate surface area is 287 Å². The number of ketones is 1. The summed E-state index contributed by atoms with van der Waals surface area (Å²) in [5, 5.41) is 3.21. The monoisotopic (exact) mass is 674 g/mol. The number of hydrogen-bond donors (Lipinski definition) is 2. The molecule has 48 heavy (non-hydrogen) atoms. The Morgan fingerprint density at radius 3 is 2.21 bits per heavy atom. The number of allylic oxidation sites excluding steroid dienone is 5. The predicted octanol–water partition coefficient (Wildman–Crippen LogP) is 10.1. The molecule has 3 nitrogen and oxygen atoms in total. The lowest BCUT2D eigenvalue weighted by molar-refractivity contribution is -0.225. The van der Waals surface area contributed by atoms with Crippen molar-refractivity contribution in [1.82, 2.24) is 5.32 Å². The van der Waals surface area contributed by atoms with Crippen LogP contribution in [0.25, 0.3) is 0 Å². The lowest BCUT2D eigenvalue weighted by Crippen LogP contribution is -2.69. The van der Waals surface area contributed by atoms with Gasteiger partial charge in [0.2, 0.25) is 0 Å². The number of rotatable bonds is 7. The van der Waals surface area contributed by atoms with Gasteiger partial charge in [-0.25, -0.2) is 4.39 Å². The molecular weight excluding hydrogens is 612 g/mol. The molecule has 0 aliphatic heterocycles. The largest absolute Gasteiger partial charge is 0.405 e. The summed E-state index contributed by atoms with van der Waals surface area (Å²) >= 11 is 0. The third-order valence-electron chi connectivity index (χ3n) is 16.7.